The van der Waals surface area contributed by atoms with Crippen LogP contribution in [-0.4, -0.2) is 17.4 Å². The second-order valence-corrected chi connectivity index (χ2v) is 2.34. The van der Waals surface area contributed by atoms with E-state index < -0.39 is 0 Å². The Hall–Kier alpha value is -1.58. The van der Waals surface area contributed by atoms with Gasteiger partial charge in [-0.2, -0.15) is 0 Å². The molecule has 0 aromatic carbocycles. The number of amides is 1. The van der Waals surface area contributed by atoms with Crippen LogP contribution >= 0.6 is 0 Å². The monoisotopic (exact) mass is 165 g/mol. The minimum absolute atomic E-state index is 0.169. The Kier molecular flexibility index (Phi) is 2.63. The minimum Gasteiger partial charge on any atom is -0.397 e. The molecule has 0 aliphatic rings. The van der Waals surface area contributed by atoms with E-state index in [0.717, 1.165) is 0 Å². The molecular formula is C8H11N3O. The Bertz CT molecular complexity index is 268. The number of rotatable bonds is 2. The van der Waals surface area contributed by atoms with Crippen molar-refractivity contribution in [2.24, 2.45) is 0 Å². The second kappa shape index (κ2) is 3.71. The number of pyridine rings is 1. The molecule has 0 aliphatic carbocycles. The smallest absolute Gasteiger partial charge is 0.269 e. The number of aromatic nitrogens is 1. The maximum absolute atomic E-state index is 11.1. The van der Waals surface area contributed by atoms with Crippen LogP contribution in [0.1, 0.15) is 17.4 Å². The fraction of sp³-hybridized carbons (Fsp3) is 0.250. The first-order chi connectivity index (χ1) is 5.74. The van der Waals surface area contributed by atoms with Crippen molar-refractivity contribution in [3.63, 3.8) is 0 Å². The van der Waals surface area contributed by atoms with Crippen LogP contribution in [0, 0.1) is 0 Å². The van der Waals surface area contributed by atoms with E-state index in [0.29, 0.717) is 17.9 Å². The molecule has 0 spiro atoms. The maximum Gasteiger partial charge on any atom is 0.269 e. The first-order valence-electron chi connectivity index (χ1n) is 3.73. The summed E-state index contributed by atoms with van der Waals surface area (Å²) in [6, 6.07) is 3.25. The van der Waals surface area contributed by atoms with Gasteiger partial charge in [0, 0.05) is 6.54 Å². The minimum atomic E-state index is -0.169. The Morgan fingerprint density at radius 3 is 2.92 bits per heavy atom. The Morgan fingerprint density at radius 2 is 2.42 bits per heavy atom. The van der Waals surface area contributed by atoms with Gasteiger partial charge in [0.1, 0.15) is 5.69 Å². The van der Waals surface area contributed by atoms with E-state index in [1.165, 1.54) is 6.20 Å². The second-order valence-electron chi connectivity index (χ2n) is 2.34. The molecule has 0 saturated heterocycles. The van der Waals surface area contributed by atoms with Gasteiger partial charge in [-0.15, -0.1) is 0 Å². The maximum atomic E-state index is 11.1. The van der Waals surface area contributed by atoms with Crippen molar-refractivity contribution in [1.82, 2.24) is 10.3 Å². The van der Waals surface area contributed by atoms with E-state index in [1.54, 1.807) is 12.1 Å². The molecule has 3 N–H and O–H groups in total. The van der Waals surface area contributed by atoms with Crippen molar-refractivity contribution in [2.75, 3.05) is 12.3 Å². The molecule has 1 aromatic heterocycles. The fourth-order valence-corrected chi connectivity index (χ4v) is 0.791. The Morgan fingerprint density at radius 1 is 1.67 bits per heavy atom. The number of carbonyl (C=O) groups excluding carboxylic acids is 1. The Labute approximate surface area is 70.8 Å². The van der Waals surface area contributed by atoms with E-state index in [-0.39, 0.29) is 5.91 Å². The molecule has 1 heterocycles. The lowest BCUT2D eigenvalue weighted by Gasteiger charge is -2.00. The average molecular weight is 165 g/mol. The van der Waals surface area contributed by atoms with Crippen LogP contribution in [0.5, 0.6) is 0 Å². The van der Waals surface area contributed by atoms with Crippen molar-refractivity contribution in [3.8, 4) is 0 Å². The third-order valence-electron chi connectivity index (χ3n) is 1.36. The van der Waals surface area contributed by atoms with Gasteiger partial charge in [-0.05, 0) is 19.1 Å². The van der Waals surface area contributed by atoms with Crippen LogP contribution in [0.3, 0.4) is 0 Å². The summed E-state index contributed by atoms with van der Waals surface area (Å²) in [6.07, 6.45) is 1.46. The van der Waals surface area contributed by atoms with Crippen LogP contribution in [0.25, 0.3) is 0 Å². The van der Waals surface area contributed by atoms with Gasteiger partial charge in [0.2, 0.25) is 0 Å². The Balaban J connectivity index is 2.75. The summed E-state index contributed by atoms with van der Waals surface area (Å²) in [5, 5.41) is 2.64. The molecule has 1 aromatic rings. The lowest BCUT2D eigenvalue weighted by Crippen LogP contribution is -2.23. The predicted octanol–water partition coefficient (Wildman–Crippen LogP) is 0.414. The van der Waals surface area contributed by atoms with Crippen LogP contribution in [0.15, 0.2) is 18.3 Å². The van der Waals surface area contributed by atoms with Crippen LogP contribution in [0.4, 0.5) is 5.69 Å². The molecule has 64 valence electrons. The normalized spacial score (nSPS) is 9.42. The standard InChI is InChI=1S/C8H11N3O/c1-2-10-8(12)7-4-3-6(9)5-11-7/h3-5H,2,9H2,1H3,(H,10,12). The number of carbonyl (C=O) groups is 1. The molecule has 1 rings (SSSR count). The van der Waals surface area contributed by atoms with E-state index >= 15 is 0 Å². The lowest BCUT2D eigenvalue weighted by atomic mass is 10.3. The van der Waals surface area contributed by atoms with Gasteiger partial charge in [-0.25, -0.2) is 4.98 Å². The SMILES string of the molecule is CCNC(=O)c1ccc(N)cn1. The summed E-state index contributed by atoms with van der Waals surface area (Å²) in [5.74, 6) is -0.169. The number of nitrogens with two attached hydrogens (primary N) is 1. The van der Waals surface area contributed by atoms with E-state index in [9.17, 15) is 4.79 Å². The number of hydrogen-bond donors (Lipinski definition) is 2. The lowest BCUT2D eigenvalue weighted by molar-refractivity contribution is 0.0951. The molecule has 0 atom stereocenters. The van der Waals surface area contributed by atoms with Gasteiger partial charge < -0.3 is 11.1 Å². The highest BCUT2D eigenvalue weighted by Crippen LogP contribution is 2.00. The molecule has 12 heavy (non-hydrogen) atoms. The van der Waals surface area contributed by atoms with E-state index in [4.69, 9.17) is 5.73 Å². The number of nitrogens with one attached hydrogen (secondary N) is 1. The zero-order valence-corrected chi connectivity index (χ0v) is 6.87. The zero-order chi connectivity index (χ0) is 8.97. The number of anilines is 1. The van der Waals surface area contributed by atoms with Crippen molar-refractivity contribution < 1.29 is 4.79 Å². The molecule has 4 heteroatoms. The molecule has 0 aliphatic heterocycles. The number of nitrogen functional groups attached to an aromatic ring is 1. The van der Waals surface area contributed by atoms with Crippen LogP contribution < -0.4 is 11.1 Å². The fourth-order valence-electron chi connectivity index (χ4n) is 0.791. The highest BCUT2D eigenvalue weighted by molar-refractivity contribution is 5.92. The highest BCUT2D eigenvalue weighted by atomic mass is 16.1. The summed E-state index contributed by atoms with van der Waals surface area (Å²) < 4.78 is 0. The summed E-state index contributed by atoms with van der Waals surface area (Å²) in [4.78, 5) is 15.0. The largest absolute Gasteiger partial charge is 0.397 e. The predicted molar refractivity (Wildman–Crippen MR) is 46.7 cm³/mol. The zero-order valence-electron chi connectivity index (χ0n) is 6.87. The molecule has 4 nitrogen and oxygen atoms in total. The van der Waals surface area contributed by atoms with Gasteiger partial charge in [0.15, 0.2) is 0 Å². The van der Waals surface area contributed by atoms with Crippen LogP contribution in [0.2, 0.25) is 0 Å². The topological polar surface area (TPSA) is 68.0 Å². The first-order valence-corrected chi connectivity index (χ1v) is 3.73. The van der Waals surface area contributed by atoms with Gasteiger partial charge in [-0.1, -0.05) is 0 Å². The summed E-state index contributed by atoms with van der Waals surface area (Å²) >= 11 is 0. The molecule has 1 amide bonds. The first kappa shape index (κ1) is 8.52. The van der Waals surface area contributed by atoms with Crippen molar-refractivity contribution in [3.05, 3.63) is 24.0 Å². The third-order valence-corrected chi connectivity index (χ3v) is 1.36. The van der Waals surface area contributed by atoms with Gasteiger partial charge in [0.25, 0.3) is 5.91 Å². The molecule has 0 radical (unpaired) electrons. The molecule has 0 bridgehead atoms. The average Bonchev–Trinajstić information content (AvgIpc) is 2.06. The van der Waals surface area contributed by atoms with E-state index in [1.807, 2.05) is 6.92 Å². The molecule has 0 saturated carbocycles. The van der Waals surface area contributed by atoms with Crippen LogP contribution in [-0.2, 0) is 0 Å². The van der Waals surface area contributed by atoms with Crippen molar-refractivity contribution >= 4 is 11.6 Å². The quantitative estimate of drug-likeness (QED) is 0.667. The van der Waals surface area contributed by atoms with E-state index in [2.05, 4.69) is 10.3 Å². The van der Waals surface area contributed by atoms with Crippen molar-refractivity contribution in [1.29, 1.82) is 0 Å². The molecular weight excluding hydrogens is 154 g/mol. The molecule has 0 unspecified atom stereocenters. The van der Waals surface area contributed by atoms with Gasteiger partial charge >= 0.3 is 0 Å². The van der Waals surface area contributed by atoms with Gasteiger partial charge in [-0.3, -0.25) is 4.79 Å². The summed E-state index contributed by atoms with van der Waals surface area (Å²) in [6.45, 7) is 2.46. The van der Waals surface area contributed by atoms with Gasteiger partial charge in [0.05, 0.1) is 11.9 Å². The molecule has 0 fully saturated rings. The summed E-state index contributed by atoms with van der Waals surface area (Å²) in [5.41, 5.74) is 6.36. The third kappa shape index (κ3) is 1.95. The highest BCUT2D eigenvalue weighted by Gasteiger charge is 2.03. The number of hydrogen-bond acceptors (Lipinski definition) is 3. The number of nitrogens with zero attached hydrogens (tertiary/aromatic N) is 1. The van der Waals surface area contributed by atoms with Crippen molar-refractivity contribution in [2.45, 2.75) is 6.92 Å². The summed E-state index contributed by atoms with van der Waals surface area (Å²) in [7, 11) is 0.